The lowest BCUT2D eigenvalue weighted by atomic mass is 10.1. The summed E-state index contributed by atoms with van der Waals surface area (Å²) in [6, 6.07) is 2.00. The highest BCUT2D eigenvalue weighted by molar-refractivity contribution is 5.79. The van der Waals surface area contributed by atoms with Gasteiger partial charge in [0.25, 0.3) is 0 Å². The molecule has 5 heteroatoms. The second kappa shape index (κ2) is 7.81. The average molecular weight is 266 g/mol. The van der Waals surface area contributed by atoms with Gasteiger partial charge in [-0.1, -0.05) is 32.3 Å². The molecule has 0 saturated carbocycles. The third kappa shape index (κ3) is 4.93. The van der Waals surface area contributed by atoms with Gasteiger partial charge >= 0.3 is 0 Å². The molecule has 0 aromatic carbocycles. The van der Waals surface area contributed by atoms with Crippen LogP contribution in [0.3, 0.4) is 0 Å². The molecule has 0 unspecified atom stereocenters. The summed E-state index contributed by atoms with van der Waals surface area (Å²) in [5.41, 5.74) is 0.992. The van der Waals surface area contributed by atoms with E-state index in [9.17, 15) is 0 Å². The van der Waals surface area contributed by atoms with Crippen molar-refractivity contribution in [2.24, 2.45) is 4.99 Å². The van der Waals surface area contributed by atoms with Gasteiger partial charge < -0.3 is 14.7 Å². The van der Waals surface area contributed by atoms with E-state index in [0.717, 1.165) is 30.4 Å². The van der Waals surface area contributed by atoms with Crippen LogP contribution >= 0.6 is 0 Å². The predicted molar refractivity (Wildman–Crippen MR) is 78.3 cm³/mol. The molecule has 0 saturated heterocycles. The largest absolute Gasteiger partial charge is 0.359 e. The first-order valence-electron chi connectivity index (χ1n) is 6.95. The van der Waals surface area contributed by atoms with Gasteiger partial charge in [0.05, 0.1) is 12.2 Å². The van der Waals surface area contributed by atoms with Crippen molar-refractivity contribution in [2.45, 2.75) is 46.1 Å². The van der Waals surface area contributed by atoms with Crippen LogP contribution in [0.15, 0.2) is 15.6 Å². The van der Waals surface area contributed by atoms with Crippen molar-refractivity contribution in [3.8, 4) is 0 Å². The van der Waals surface area contributed by atoms with Gasteiger partial charge in [-0.2, -0.15) is 0 Å². The minimum atomic E-state index is 0.393. The molecule has 1 aromatic rings. The number of aliphatic imine (C=N–C) groups is 1. The van der Waals surface area contributed by atoms with Gasteiger partial charge in [0, 0.05) is 26.7 Å². The highest BCUT2D eigenvalue weighted by atomic mass is 16.5. The van der Waals surface area contributed by atoms with E-state index in [0.29, 0.717) is 12.5 Å². The van der Waals surface area contributed by atoms with E-state index in [-0.39, 0.29) is 0 Å². The van der Waals surface area contributed by atoms with Crippen molar-refractivity contribution in [1.82, 2.24) is 15.4 Å². The summed E-state index contributed by atoms with van der Waals surface area (Å²) < 4.78 is 5.30. The molecular formula is C14H26N4O. The molecule has 1 aromatic heterocycles. The van der Waals surface area contributed by atoms with Gasteiger partial charge in [0.2, 0.25) is 0 Å². The zero-order valence-electron chi connectivity index (χ0n) is 12.7. The molecule has 1 heterocycles. The molecule has 0 aliphatic carbocycles. The molecule has 0 radical (unpaired) electrons. The number of guanidine groups is 1. The molecule has 1 rings (SSSR count). The molecule has 1 N–H and O–H groups in total. The number of nitrogens with zero attached hydrogens (tertiary/aromatic N) is 3. The maximum absolute atomic E-state index is 5.30. The van der Waals surface area contributed by atoms with Gasteiger partial charge in [-0.05, 0) is 12.3 Å². The number of rotatable bonds is 6. The van der Waals surface area contributed by atoms with Crippen molar-refractivity contribution >= 4 is 5.96 Å². The van der Waals surface area contributed by atoms with Crippen LogP contribution in [-0.2, 0) is 6.54 Å². The Morgan fingerprint density at radius 3 is 2.79 bits per heavy atom. The third-order valence-electron chi connectivity index (χ3n) is 3.01. The van der Waals surface area contributed by atoms with Crippen molar-refractivity contribution in [2.75, 3.05) is 20.6 Å². The quantitative estimate of drug-likeness (QED) is 0.635. The van der Waals surface area contributed by atoms with Crippen molar-refractivity contribution in [3.05, 3.63) is 17.5 Å². The van der Waals surface area contributed by atoms with E-state index in [1.54, 1.807) is 7.05 Å². The van der Waals surface area contributed by atoms with E-state index in [2.05, 4.69) is 41.1 Å². The predicted octanol–water partition coefficient (Wildman–Crippen LogP) is 2.61. The van der Waals surface area contributed by atoms with Gasteiger partial charge in [0.1, 0.15) is 0 Å². The fourth-order valence-corrected chi connectivity index (χ4v) is 1.74. The molecule has 19 heavy (non-hydrogen) atoms. The lowest BCUT2D eigenvalue weighted by molar-refractivity contribution is 0.368. The molecule has 0 atom stereocenters. The summed E-state index contributed by atoms with van der Waals surface area (Å²) in [7, 11) is 3.84. The van der Waals surface area contributed by atoms with Crippen LogP contribution in [0.2, 0.25) is 0 Å². The number of hydrogen-bond acceptors (Lipinski definition) is 3. The summed E-state index contributed by atoms with van der Waals surface area (Å²) in [5, 5.41) is 7.33. The molecule has 0 amide bonds. The molecule has 108 valence electrons. The Labute approximate surface area is 116 Å². The minimum Gasteiger partial charge on any atom is -0.359 e. The Bertz CT molecular complexity index is 398. The molecule has 0 aliphatic rings. The normalized spacial score (nSPS) is 12.0. The molecule has 0 aliphatic heterocycles. The van der Waals surface area contributed by atoms with Crippen LogP contribution in [0.5, 0.6) is 0 Å². The average Bonchev–Trinajstić information content (AvgIpc) is 2.86. The van der Waals surface area contributed by atoms with Crippen LogP contribution in [-0.4, -0.2) is 36.7 Å². The topological polar surface area (TPSA) is 53.7 Å². The standard InChI is InChI=1S/C14H26N4O/c1-6-7-8-18(5)14(15-4)16-10-12-9-13(11(2)3)17-19-12/h9,11H,6-8,10H2,1-5H3,(H,15,16). The Morgan fingerprint density at radius 2 is 2.26 bits per heavy atom. The van der Waals surface area contributed by atoms with Crippen LogP contribution in [0.4, 0.5) is 0 Å². The summed E-state index contributed by atoms with van der Waals surface area (Å²) in [4.78, 5) is 6.40. The Kier molecular flexibility index (Phi) is 6.39. The smallest absolute Gasteiger partial charge is 0.193 e. The summed E-state index contributed by atoms with van der Waals surface area (Å²) >= 11 is 0. The second-order valence-corrected chi connectivity index (χ2v) is 5.05. The number of nitrogens with one attached hydrogen (secondary N) is 1. The Hall–Kier alpha value is -1.52. The number of unbranched alkanes of at least 4 members (excludes halogenated alkanes) is 1. The van der Waals surface area contributed by atoms with Crippen LogP contribution in [0.25, 0.3) is 0 Å². The first kappa shape index (κ1) is 15.5. The fraction of sp³-hybridized carbons (Fsp3) is 0.714. The van der Waals surface area contributed by atoms with Crippen LogP contribution in [0.1, 0.15) is 51.0 Å². The monoisotopic (exact) mass is 266 g/mol. The summed E-state index contributed by atoms with van der Waals surface area (Å²) in [5.74, 6) is 2.12. The maximum Gasteiger partial charge on any atom is 0.193 e. The van der Waals surface area contributed by atoms with E-state index in [4.69, 9.17) is 4.52 Å². The Morgan fingerprint density at radius 1 is 1.53 bits per heavy atom. The van der Waals surface area contributed by atoms with Gasteiger partial charge in [-0.15, -0.1) is 0 Å². The van der Waals surface area contributed by atoms with Crippen LogP contribution < -0.4 is 5.32 Å². The second-order valence-electron chi connectivity index (χ2n) is 5.05. The molecule has 5 nitrogen and oxygen atoms in total. The lowest BCUT2D eigenvalue weighted by Gasteiger charge is -2.21. The fourth-order valence-electron chi connectivity index (χ4n) is 1.74. The lowest BCUT2D eigenvalue weighted by Crippen LogP contribution is -2.38. The van der Waals surface area contributed by atoms with E-state index >= 15 is 0 Å². The van der Waals surface area contributed by atoms with Gasteiger partial charge in [-0.3, -0.25) is 4.99 Å². The highest BCUT2D eigenvalue weighted by Gasteiger charge is 2.09. The van der Waals surface area contributed by atoms with E-state index in [1.165, 1.54) is 6.42 Å². The molecular weight excluding hydrogens is 240 g/mol. The molecule has 0 bridgehead atoms. The summed E-state index contributed by atoms with van der Waals surface area (Å²) in [6.07, 6.45) is 2.35. The zero-order chi connectivity index (χ0) is 14.3. The highest BCUT2D eigenvalue weighted by Crippen LogP contribution is 2.13. The molecule has 0 fully saturated rings. The zero-order valence-corrected chi connectivity index (χ0v) is 12.7. The number of aromatic nitrogens is 1. The third-order valence-corrected chi connectivity index (χ3v) is 3.01. The van der Waals surface area contributed by atoms with E-state index < -0.39 is 0 Å². The van der Waals surface area contributed by atoms with Crippen LogP contribution in [0, 0.1) is 0 Å². The first-order chi connectivity index (χ1) is 9.08. The SMILES string of the molecule is CCCCN(C)C(=NC)NCc1cc(C(C)C)no1. The summed E-state index contributed by atoms with van der Waals surface area (Å²) in [6.45, 7) is 8.01. The molecule has 0 spiro atoms. The first-order valence-corrected chi connectivity index (χ1v) is 6.95. The minimum absolute atomic E-state index is 0.393. The van der Waals surface area contributed by atoms with E-state index in [1.807, 2.05) is 13.1 Å². The Balaban J connectivity index is 2.48. The van der Waals surface area contributed by atoms with Gasteiger partial charge in [-0.25, -0.2) is 0 Å². The van der Waals surface area contributed by atoms with Crippen molar-refractivity contribution in [3.63, 3.8) is 0 Å². The maximum atomic E-state index is 5.30. The van der Waals surface area contributed by atoms with Crippen molar-refractivity contribution < 1.29 is 4.52 Å². The van der Waals surface area contributed by atoms with Crippen molar-refractivity contribution in [1.29, 1.82) is 0 Å². The number of hydrogen-bond donors (Lipinski definition) is 1. The van der Waals surface area contributed by atoms with Gasteiger partial charge in [0.15, 0.2) is 11.7 Å².